The summed E-state index contributed by atoms with van der Waals surface area (Å²) in [6.07, 6.45) is 1.43. The summed E-state index contributed by atoms with van der Waals surface area (Å²) in [7, 11) is 0. The van der Waals surface area contributed by atoms with Crippen LogP contribution in [0, 0.1) is 0 Å². The summed E-state index contributed by atoms with van der Waals surface area (Å²) >= 11 is 0. The van der Waals surface area contributed by atoms with Crippen LogP contribution in [0.2, 0.25) is 0 Å². The van der Waals surface area contributed by atoms with E-state index in [1.165, 1.54) is 12.3 Å². The number of nitrogens with zero attached hydrogens (tertiary/aromatic N) is 1. The Morgan fingerprint density at radius 1 is 1.46 bits per heavy atom. The van der Waals surface area contributed by atoms with E-state index in [9.17, 15) is 9.59 Å². The number of hydrogen-bond acceptors (Lipinski definition) is 4. The number of pyridine rings is 1. The van der Waals surface area contributed by atoms with Gasteiger partial charge >= 0.3 is 11.9 Å². The van der Waals surface area contributed by atoms with E-state index in [1.54, 1.807) is 12.1 Å². The van der Waals surface area contributed by atoms with Gasteiger partial charge in [-0.05, 0) is 12.1 Å². The first-order valence-electron chi connectivity index (χ1n) is 3.50. The molecule has 0 spiro atoms. The number of carbonyl (C=O) groups is 2. The minimum atomic E-state index is -1.19. The molecule has 0 amide bonds. The minimum Gasteiger partial charge on any atom is -0.479 e. The van der Waals surface area contributed by atoms with Gasteiger partial charge in [-0.2, -0.15) is 0 Å². The molecule has 0 aliphatic rings. The zero-order valence-corrected chi connectivity index (χ0v) is 6.64. The smallest absolute Gasteiger partial charge is 0.357 e. The van der Waals surface area contributed by atoms with Crippen molar-refractivity contribution < 1.29 is 19.4 Å². The lowest BCUT2D eigenvalue weighted by Crippen LogP contribution is -2.13. The quantitative estimate of drug-likeness (QED) is 0.679. The predicted molar refractivity (Wildman–Crippen MR) is 42.2 cm³/mol. The molecule has 1 N–H and O–H groups in total. The van der Waals surface area contributed by atoms with Crippen LogP contribution >= 0.6 is 0 Å². The molecule has 0 aliphatic heterocycles. The molecule has 0 aromatic carbocycles. The monoisotopic (exact) mass is 181 g/mol. The number of hydrogen-bond donors (Lipinski definition) is 1. The van der Waals surface area contributed by atoms with E-state index in [1.807, 2.05) is 0 Å². The van der Waals surface area contributed by atoms with Crippen LogP contribution in [0.25, 0.3) is 0 Å². The third kappa shape index (κ3) is 2.90. The van der Waals surface area contributed by atoms with Crippen LogP contribution in [0.5, 0.6) is 0 Å². The zero-order valence-electron chi connectivity index (χ0n) is 6.64. The molecule has 0 aliphatic carbocycles. The first kappa shape index (κ1) is 9.18. The van der Waals surface area contributed by atoms with Gasteiger partial charge in [0, 0.05) is 6.20 Å². The number of aliphatic carboxylic acids is 1. The van der Waals surface area contributed by atoms with Crippen molar-refractivity contribution in [1.82, 2.24) is 4.98 Å². The fourth-order valence-electron chi connectivity index (χ4n) is 0.685. The molecule has 1 heterocycles. The lowest BCUT2D eigenvalue weighted by molar-refractivity contribution is -0.140. The summed E-state index contributed by atoms with van der Waals surface area (Å²) in [6, 6.07) is 4.71. The van der Waals surface area contributed by atoms with Gasteiger partial charge in [-0.25, -0.2) is 14.6 Å². The molecule has 1 aromatic rings. The Balaban J connectivity index is 2.54. The second-order valence-corrected chi connectivity index (χ2v) is 2.18. The van der Waals surface area contributed by atoms with Crippen molar-refractivity contribution in [2.24, 2.45) is 0 Å². The van der Waals surface area contributed by atoms with Crippen LogP contribution in [-0.2, 0) is 9.53 Å². The first-order chi connectivity index (χ1) is 6.20. The number of carboxylic acid groups (broad SMARTS) is 1. The molecule has 1 rings (SSSR count). The summed E-state index contributed by atoms with van der Waals surface area (Å²) in [5.74, 6) is -1.92. The minimum absolute atomic E-state index is 0.101. The van der Waals surface area contributed by atoms with E-state index in [2.05, 4.69) is 9.72 Å². The van der Waals surface area contributed by atoms with Gasteiger partial charge in [-0.3, -0.25) is 0 Å². The molecule has 0 saturated carbocycles. The van der Waals surface area contributed by atoms with Crippen molar-refractivity contribution in [2.75, 3.05) is 6.61 Å². The van der Waals surface area contributed by atoms with E-state index in [-0.39, 0.29) is 5.69 Å². The number of esters is 1. The summed E-state index contributed by atoms with van der Waals surface area (Å²) in [5, 5.41) is 8.21. The van der Waals surface area contributed by atoms with Gasteiger partial charge in [-0.1, -0.05) is 6.07 Å². The Morgan fingerprint density at radius 2 is 2.23 bits per heavy atom. The van der Waals surface area contributed by atoms with Gasteiger partial charge < -0.3 is 9.84 Å². The molecular weight excluding hydrogens is 174 g/mol. The summed E-state index contributed by atoms with van der Waals surface area (Å²) in [4.78, 5) is 24.7. The average Bonchev–Trinajstić information content (AvgIpc) is 2.15. The van der Waals surface area contributed by atoms with Crippen molar-refractivity contribution in [3.63, 3.8) is 0 Å². The number of ether oxygens (including phenoxy) is 1. The highest BCUT2D eigenvalue weighted by Crippen LogP contribution is 1.95. The fourth-order valence-corrected chi connectivity index (χ4v) is 0.685. The van der Waals surface area contributed by atoms with Crippen molar-refractivity contribution in [2.45, 2.75) is 0 Å². The molecule has 5 nitrogen and oxygen atoms in total. The SMILES string of the molecule is O=C(O)COC(=O)c1ccccn1. The third-order valence-corrected chi connectivity index (χ3v) is 1.20. The summed E-state index contributed by atoms with van der Waals surface area (Å²) in [6.45, 7) is -0.643. The van der Waals surface area contributed by atoms with Crippen LogP contribution in [0.3, 0.4) is 0 Å². The predicted octanol–water partition coefficient (Wildman–Crippen LogP) is 0.323. The fraction of sp³-hybridized carbons (Fsp3) is 0.125. The molecule has 0 fully saturated rings. The Labute approximate surface area is 74.0 Å². The van der Waals surface area contributed by atoms with Crippen molar-refractivity contribution in [1.29, 1.82) is 0 Å². The normalized spacial score (nSPS) is 9.23. The van der Waals surface area contributed by atoms with E-state index in [4.69, 9.17) is 5.11 Å². The van der Waals surface area contributed by atoms with E-state index < -0.39 is 18.5 Å². The van der Waals surface area contributed by atoms with Crippen LogP contribution in [0.15, 0.2) is 24.4 Å². The van der Waals surface area contributed by atoms with Crippen molar-refractivity contribution in [3.05, 3.63) is 30.1 Å². The van der Waals surface area contributed by atoms with E-state index in [0.717, 1.165) is 0 Å². The molecule has 0 bridgehead atoms. The third-order valence-electron chi connectivity index (χ3n) is 1.20. The lowest BCUT2D eigenvalue weighted by Gasteiger charge is -1.99. The average molecular weight is 181 g/mol. The van der Waals surface area contributed by atoms with Crippen molar-refractivity contribution in [3.8, 4) is 0 Å². The molecule has 0 radical (unpaired) electrons. The summed E-state index contributed by atoms with van der Waals surface area (Å²) in [5.41, 5.74) is 0.101. The molecule has 0 saturated heterocycles. The highest BCUT2D eigenvalue weighted by molar-refractivity contribution is 5.88. The molecule has 0 atom stereocenters. The number of rotatable bonds is 3. The van der Waals surface area contributed by atoms with Crippen LogP contribution in [0.4, 0.5) is 0 Å². The summed E-state index contributed by atoms with van der Waals surface area (Å²) < 4.78 is 4.39. The molecule has 1 aromatic heterocycles. The van der Waals surface area contributed by atoms with Gasteiger partial charge in [0.1, 0.15) is 5.69 Å². The Morgan fingerprint density at radius 3 is 2.77 bits per heavy atom. The van der Waals surface area contributed by atoms with E-state index in [0.29, 0.717) is 0 Å². The molecule has 0 unspecified atom stereocenters. The maximum atomic E-state index is 11.0. The topological polar surface area (TPSA) is 76.5 Å². The number of aromatic nitrogens is 1. The van der Waals surface area contributed by atoms with Crippen LogP contribution in [0.1, 0.15) is 10.5 Å². The van der Waals surface area contributed by atoms with Gasteiger partial charge in [0.25, 0.3) is 0 Å². The Bertz CT molecular complexity index is 309. The molecule has 5 heteroatoms. The highest BCUT2D eigenvalue weighted by Gasteiger charge is 2.08. The number of carbonyl (C=O) groups excluding carboxylic acids is 1. The van der Waals surface area contributed by atoms with Gasteiger partial charge in [0.05, 0.1) is 0 Å². The van der Waals surface area contributed by atoms with Gasteiger partial charge in [-0.15, -0.1) is 0 Å². The lowest BCUT2D eigenvalue weighted by atomic mass is 10.4. The largest absolute Gasteiger partial charge is 0.479 e. The first-order valence-corrected chi connectivity index (χ1v) is 3.50. The molecule has 68 valence electrons. The zero-order chi connectivity index (χ0) is 9.68. The number of carboxylic acids is 1. The standard InChI is InChI=1S/C8H7NO4/c10-7(11)5-13-8(12)6-3-1-2-4-9-6/h1-4H,5H2,(H,10,11). The van der Waals surface area contributed by atoms with Crippen LogP contribution in [-0.4, -0.2) is 28.6 Å². The van der Waals surface area contributed by atoms with E-state index >= 15 is 0 Å². The maximum absolute atomic E-state index is 11.0. The van der Waals surface area contributed by atoms with Crippen molar-refractivity contribution >= 4 is 11.9 Å². The highest BCUT2D eigenvalue weighted by atomic mass is 16.5. The van der Waals surface area contributed by atoms with Gasteiger partial charge in [0.2, 0.25) is 0 Å². The Kier molecular flexibility index (Phi) is 2.97. The van der Waals surface area contributed by atoms with Gasteiger partial charge in [0.15, 0.2) is 6.61 Å². The Hall–Kier alpha value is -1.91. The molecule has 13 heavy (non-hydrogen) atoms. The van der Waals surface area contributed by atoms with Crippen LogP contribution < -0.4 is 0 Å². The second-order valence-electron chi connectivity index (χ2n) is 2.18. The maximum Gasteiger partial charge on any atom is 0.357 e. The molecular formula is C8H7NO4. The second kappa shape index (κ2) is 4.20.